The summed E-state index contributed by atoms with van der Waals surface area (Å²) in [6.45, 7) is 3.27. The van der Waals surface area contributed by atoms with Gasteiger partial charge in [0.2, 0.25) is 5.91 Å². The number of carbonyl (C=O) groups is 2. The predicted molar refractivity (Wildman–Crippen MR) is 105 cm³/mol. The summed E-state index contributed by atoms with van der Waals surface area (Å²) in [7, 11) is 1.49. The zero-order chi connectivity index (χ0) is 19.7. The second kappa shape index (κ2) is 7.66. The van der Waals surface area contributed by atoms with Gasteiger partial charge in [-0.3, -0.25) is 14.5 Å². The van der Waals surface area contributed by atoms with Crippen LogP contribution in [0.1, 0.15) is 12.5 Å². The standard InChI is InChI=1S/C19H18Cl2N2O4/c1-10-6-14(17(26-3)8-13(10)21)22-18(24)9-23-15-7-12(20)4-5-16(15)27-11(2)19(23)25/h4-8,11H,9H2,1-3H3,(H,22,24). The van der Waals surface area contributed by atoms with Crippen LogP contribution in [0, 0.1) is 6.92 Å². The molecule has 1 aliphatic heterocycles. The number of aryl methyl sites for hydroxylation is 1. The normalized spacial score (nSPS) is 15.8. The number of methoxy groups -OCH3 is 1. The quantitative estimate of drug-likeness (QED) is 0.827. The van der Waals surface area contributed by atoms with Crippen LogP contribution < -0.4 is 19.7 Å². The Labute approximate surface area is 167 Å². The molecule has 2 aromatic rings. The lowest BCUT2D eigenvalue weighted by Gasteiger charge is -2.32. The number of hydrogen-bond donors (Lipinski definition) is 1. The van der Waals surface area contributed by atoms with Gasteiger partial charge in [0.05, 0.1) is 18.5 Å². The van der Waals surface area contributed by atoms with Gasteiger partial charge in [-0.2, -0.15) is 0 Å². The van der Waals surface area contributed by atoms with Gasteiger partial charge in [0.1, 0.15) is 18.0 Å². The Morgan fingerprint density at radius 1 is 1.30 bits per heavy atom. The Morgan fingerprint density at radius 2 is 2.04 bits per heavy atom. The van der Waals surface area contributed by atoms with Crippen molar-refractivity contribution in [1.29, 1.82) is 0 Å². The molecule has 3 rings (SSSR count). The first-order chi connectivity index (χ1) is 12.8. The second-order valence-electron chi connectivity index (χ2n) is 6.15. The van der Waals surface area contributed by atoms with Gasteiger partial charge in [-0.1, -0.05) is 23.2 Å². The van der Waals surface area contributed by atoms with E-state index in [0.717, 1.165) is 5.56 Å². The predicted octanol–water partition coefficient (Wildman–Crippen LogP) is 4.06. The summed E-state index contributed by atoms with van der Waals surface area (Å²) in [4.78, 5) is 26.5. The highest BCUT2D eigenvalue weighted by Crippen LogP contribution is 2.36. The monoisotopic (exact) mass is 408 g/mol. The number of amides is 2. The van der Waals surface area contributed by atoms with Crippen molar-refractivity contribution >= 4 is 46.4 Å². The fraction of sp³-hybridized carbons (Fsp3) is 0.263. The Hall–Kier alpha value is -2.44. The lowest BCUT2D eigenvalue weighted by atomic mass is 10.1. The molecule has 27 heavy (non-hydrogen) atoms. The maximum Gasteiger partial charge on any atom is 0.268 e. The van der Waals surface area contributed by atoms with E-state index in [9.17, 15) is 9.59 Å². The summed E-state index contributed by atoms with van der Waals surface area (Å²) in [5.41, 5.74) is 1.73. The van der Waals surface area contributed by atoms with Crippen LogP contribution in [0.5, 0.6) is 11.5 Å². The summed E-state index contributed by atoms with van der Waals surface area (Å²) in [5, 5.41) is 3.74. The van der Waals surface area contributed by atoms with E-state index in [-0.39, 0.29) is 18.4 Å². The number of carbonyl (C=O) groups excluding carboxylic acids is 2. The van der Waals surface area contributed by atoms with Gasteiger partial charge in [-0.05, 0) is 43.7 Å². The Morgan fingerprint density at radius 3 is 2.74 bits per heavy atom. The number of nitrogens with one attached hydrogen (secondary N) is 1. The molecule has 0 aliphatic carbocycles. The van der Waals surface area contributed by atoms with Crippen molar-refractivity contribution in [2.45, 2.75) is 20.0 Å². The van der Waals surface area contributed by atoms with E-state index in [1.807, 2.05) is 6.92 Å². The highest BCUT2D eigenvalue weighted by Gasteiger charge is 2.33. The number of fused-ring (bicyclic) bond motifs is 1. The van der Waals surface area contributed by atoms with E-state index in [0.29, 0.717) is 32.9 Å². The summed E-state index contributed by atoms with van der Waals surface area (Å²) in [6, 6.07) is 8.29. The number of benzene rings is 2. The van der Waals surface area contributed by atoms with Gasteiger partial charge >= 0.3 is 0 Å². The third-order valence-corrected chi connectivity index (χ3v) is 4.83. The largest absolute Gasteiger partial charge is 0.495 e. The average Bonchev–Trinajstić information content (AvgIpc) is 2.62. The van der Waals surface area contributed by atoms with E-state index in [2.05, 4.69) is 5.32 Å². The summed E-state index contributed by atoms with van der Waals surface area (Å²) >= 11 is 12.1. The van der Waals surface area contributed by atoms with Crippen LogP contribution in [0.4, 0.5) is 11.4 Å². The van der Waals surface area contributed by atoms with Crippen LogP contribution in [0.15, 0.2) is 30.3 Å². The van der Waals surface area contributed by atoms with E-state index < -0.39 is 6.10 Å². The molecule has 6 nitrogen and oxygen atoms in total. The number of anilines is 2. The lowest BCUT2D eigenvalue weighted by Crippen LogP contribution is -2.47. The molecule has 0 saturated carbocycles. The first kappa shape index (κ1) is 19.3. The Bertz CT molecular complexity index is 917. The lowest BCUT2D eigenvalue weighted by molar-refractivity contribution is -0.127. The second-order valence-corrected chi connectivity index (χ2v) is 6.99. The molecule has 2 amide bonds. The van der Waals surface area contributed by atoms with E-state index in [1.54, 1.807) is 37.3 Å². The molecular weight excluding hydrogens is 391 g/mol. The summed E-state index contributed by atoms with van der Waals surface area (Å²) in [6.07, 6.45) is -0.696. The SMILES string of the molecule is COc1cc(Cl)c(C)cc1NC(=O)CN1C(=O)C(C)Oc2ccc(Cl)cc21. The molecule has 1 N–H and O–H groups in total. The maximum absolute atomic E-state index is 12.6. The molecule has 0 spiro atoms. The highest BCUT2D eigenvalue weighted by atomic mass is 35.5. The van der Waals surface area contributed by atoms with Crippen molar-refractivity contribution in [1.82, 2.24) is 0 Å². The minimum atomic E-state index is -0.696. The minimum absolute atomic E-state index is 0.190. The maximum atomic E-state index is 12.6. The zero-order valence-corrected chi connectivity index (χ0v) is 16.5. The molecule has 0 fully saturated rings. The van der Waals surface area contributed by atoms with Gasteiger partial charge in [0.15, 0.2) is 6.10 Å². The van der Waals surface area contributed by atoms with Crippen molar-refractivity contribution in [2.24, 2.45) is 0 Å². The average molecular weight is 409 g/mol. The van der Waals surface area contributed by atoms with Crippen molar-refractivity contribution < 1.29 is 19.1 Å². The minimum Gasteiger partial charge on any atom is -0.495 e. The van der Waals surface area contributed by atoms with Crippen LogP contribution in [-0.4, -0.2) is 31.6 Å². The van der Waals surface area contributed by atoms with Gasteiger partial charge in [-0.15, -0.1) is 0 Å². The van der Waals surface area contributed by atoms with Crippen LogP contribution >= 0.6 is 23.2 Å². The number of ether oxygens (including phenoxy) is 2. The fourth-order valence-corrected chi connectivity index (χ4v) is 3.13. The first-order valence-electron chi connectivity index (χ1n) is 8.21. The number of hydrogen-bond acceptors (Lipinski definition) is 4. The van der Waals surface area contributed by atoms with Crippen LogP contribution in [-0.2, 0) is 9.59 Å². The highest BCUT2D eigenvalue weighted by molar-refractivity contribution is 6.31. The van der Waals surface area contributed by atoms with Gasteiger partial charge in [0.25, 0.3) is 5.91 Å². The van der Waals surface area contributed by atoms with E-state index in [4.69, 9.17) is 32.7 Å². The summed E-state index contributed by atoms with van der Waals surface area (Å²) < 4.78 is 10.8. The van der Waals surface area contributed by atoms with E-state index in [1.165, 1.54) is 12.0 Å². The molecule has 0 bridgehead atoms. The molecular formula is C19H18Cl2N2O4. The van der Waals surface area contributed by atoms with Crippen molar-refractivity contribution in [2.75, 3.05) is 23.9 Å². The molecule has 8 heteroatoms. The smallest absolute Gasteiger partial charge is 0.268 e. The Kier molecular flexibility index (Phi) is 5.48. The molecule has 2 aromatic carbocycles. The fourth-order valence-electron chi connectivity index (χ4n) is 2.81. The molecule has 1 aliphatic rings. The molecule has 1 heterocycles. The zero-order valence-electron chi connectivity index (χ0n) is 15.0. The number of nitrogens with zero attached hydrogens (tertiary/aromatic N) is 1. The molecule has 0 saturated heterocycles. The van der Waals surface area contributed by atoms with Gasteiger partial charge in [-0.25, -0.2) is 0 Å². The van der Waals surface area contributed by atoms with Crippen molar-refractivity contribution in [3.63, 3.8) is 0 Å². The third kappa shape index (κ3) is 3.96. The third-order valence-electron chi connectivity index (χ3n) is 4.19. The molecule has 0 aromatic heterocycles. The van der Waals surface area contributed by atoms with Crippen molar-refractivity contribution in [3.8, 4) is 11.5 Å². The molecule has 142 valence electrons. The van der Waals surface area contributed by atoms with Crippen LogP contribution in [0.25, 0.3) is 0 Å². The topological polar surface area (TPSA) is 67.9 Å². The number of rotatable bonds is 4. The van der Waals surface area contributed by atoms with Crippen LogP contribution in [0.2, 0.25) is 10.0 Å². The summed E-state index contributed by atoms with van der Waals surface area (Å²) in [5.74, 6) is 0.228. The molecule has 1 atom stereocenters. The molecule has 0 radical (unpaired) electrons. The van der Waals surface area contributed by atoms with Crippen LogP contribution in [0.3, 0.4) is 0 Å². The number of halogens is 2. The molecule has 1 unspecified atom stereocenters. The van der Waals surface area contributed by atoms with Gasteiger partial charge in [0, 0.05) is 16.1 Å². The first-order valence-corrected chi connectivity index (χ1v) is 8.97. The van der Waals surface area contributed by atoms with Gasteiger partial charge < -0.3 is 14.8 Å². The van der Waals surface area contributed by atoms with Crippen molar-refractivity contribution in [3.05, 3.63) is 45.9 Å². The van der Waals surface area contributed by atoms with E-state index >= 15 is 0 Å². The Balaban J connectivity index is 1.85.